The van der Waals surface area contributed by atoms with Gasteiger partial charge in [0.1, 0.15) is 6.54 Å². The maximum atomic E-state index is 11.8. The Bertz CT molecular complexity index is 223. The second-order valence-electron chi connectivity index (χ2n) is 2.63. The van der Waals surface area contributed by atoms with Gasteiger partial charge in [0.15, 0.2) is 0 Å². The molecule has 1 amide bonds. The molecule has 0 aliphatic rings. The lowest BCUT2D eigenvalue weighted by Crippen LogP contribution is -2.47. The number of nitrogens with two attached hydrogens (primary N) is 1. The normalized spacial score (nSPS) is 12.7. The summed E-state index contributed by atoms with van der Waals surface area (Å²) in [5.74, 6) is -2.54. The van der Waals surface area contributed by atoms with Gasteiger partial charge in [-0.3, -0.25) is 4.79 Å². The van der Waals surface area contributed by atoms with Crippen LogP contribution in [-0.4, -0.2) is 42.8 Å². The van der Waals surface area contributed by atoms with Crippen molar-refractivity contribution in [1.82, 2.24) is 4.90 Å². The lowest BCUT2D eigenvalue weighted by molar-refractivity contribution is -0.197. The molecule has 0 aromatic rings. The first-order chi connectivity index (χ1) is 6.58. The second-order valence-corrected chi connectivity index (χ2v) is 2.63. The molecule has 0 bridgehead atoms. The van der Waals surface area contributed by atoms with Crippen molar-refractivity contribution in [3.05, 3.63) is 0 Å². The van der Waals surface area contributed by atoms with Crippen LogP contribution in [0.4, 0.5) is 26.3 Å². The second kappa shape index (κ2) is 4.69. The first-order valence-corrected chi connectivity index (χ1v) is 3.71. The van der Waals surface area contributed by atoms with Crippen molar-refractivity contribution in [3.8, 4) is 0 Å². The Kier molecular flexibility index (Phi) is 4.38. The Morgan fingerprint density at radius 2 is 1.60 bits per heavy atom. The van der Waals surface area contributed by atoms with Gasteiger partial charge in [-0.15, -0.1) is 0 Å². The van der Waals surface area contributed by atoms with Crippen molar-refractivity contribution in [2.45, 2.75) is 12.4 Å². The van der Waals surface area contributed by atoms with Crippen LogP contribution >= 0.6 is 0 Å². The van der Waals surface area contributed by atoms with E-state index in [0.29, 0.717) is 0 Å². The first-order valence-electron chi connectivity index (χ1n) is 3.71. The van der Waals surface area contributed by atoms with E-state index < -0.39 is 37.9 Å². The van der Waals surface area contributed by atoms with Crippen LogP contribution in [0.1, 0.15) is 0 Å². The molecule has 0 fully saturated rings. The minimum absolute atomic E-state index is 0.375. The van der Waals surface area contributed by atoms with E-state index in [1.165, 1.54) is 0 Å². The summed E-state index contributed by atoms with van der Waals surface area (Å²) in [5.41, 5.74) is 4.80. The highest BCUT2D eigenvalue weighted by Gasteiger charge is 2.45. The lowest BCUT2D eigenvalue weighted by atomic mass is 10.4. The molecule has 0 radical (unpaired) electrons. The van der Waals surface area contributed by atoms with E-state index in [4.69, 9.17) is 5.73 Å². The molecule has 0 heterocycles. The number of hydrogen-bond acceptors (Lipinski definition) is 2. The summed E-state index contributed by atoms with van der Waals surface area (Å²) in [6.45, 7) is -3.22. The van der Waals surface area contributed by atoms with Gasteiger partial charge in [-0.05, 0) is 0 Å². The fourth-order valence-corrected chi connectivity index (χ4v) is 0.804. The largest absolute Gasteiger partial charge is 0.471 e. The van der Waals surface area contributed by atoms with Crippen LogP contribution in [0.5, 0.6) is 0 Å². The van der Waals surface area contributed by atoms with Crippen LogP contribution in [-0.2, 0) is 4.79 Å². The minimum atomic E-state index is -5.32. The number of amides is 1. The quantitative estimate of drug-likeness (QED) is 0.742. The van der Waals surface area contributed by atoms with Crippen molar-refractivity contribution in [2.24, 2.45) is 5.73 Å². The standard InChI is InChI=1S/C6H8F6N2O/c7-5(8,9)3-14(2-1-13)4(15)6(10,11)12/h1-3,13H2. The van der Waals surface area contributed by atoms with E-state index in [-0.39, 0.29) is 4.90 Å². The average molecular weight is 238 g/mol. The maximum absolute atomic E-state index is 11.8. The van der Waals surface area contributed by atoms with Gasteiger partial charge in [0.2, 0.25) is 0 Å². The summed E-state index contributed by atoms with van der Waals surface area (Å²) in [6.07, 6.45) is -10.2. The Labute approximate surface area is 80.8 Å². The fourth-order valence-electron chi connectivity index (χ4n) is 0.804. The molecule has 3 nitrogen and oxygen atoms in total. The Balaban J connectivity index is 4.60. The van der Waals surface area contributed by atoms with Crippen LogP contribution in [0.3, 0.4) is 0 Å². The number of alkyl halides is 6. The van der Waals surface area contributed by atoms with Gasteiger partial charge in [0.25, 0.3) is 0 Å². The lowest BCUT2D eigenvalue weighted by Gasteiger charge is -2.23. The molecule has 0 rings (SSSR count). The predicted molar refractivity (Wildman–Crippen MR) is 37.7 cm³/mol. The zero-order valence-corrected chi connectivity index (χ0v) is 7.32. The van der Waals surface area contributed by atoms with Crippen LogP contribution in [0, 0.1) is 0 Å². The van der Waals surface area contributed by atoms with Gasteiger partial charge >= 0.3 is 18.3 Å². The maximum Gasteiger partial charge on any atom is 0.471 e. The molecule has 0 aliphatic carbocycles. The molecule has 0 spiro atoms. The van der Waals surface area contributed by atoms with Gasteiger partial charge in [-0.1, -0.05) is 0 Å². The number of carbonyl (C=O) groups excluding carboxylic acids is 1. The van der Waals surface area contributed by atoms with E-state index in [1.54, 1.807) is 0 Å². The summed E-state index contributed by atoms with van der Waals surface area (Å²) in [6, 6.07) is 0. The molecule has 0 saturated carbocycles. The van der Waals surface area contributed by atoms with Crippen molar-refractivity contribution in [1.29, 1.82) is 0 Å². The van der Waals surface area contributed by atoms with E-state index in [2.05, 4.69) is 0 Å². The summed E-state index contributed by atoms with van der Waals surface area (Å²) >= 11 is 0. The smallest absolute Gasteiger partial charge is 0.329 e. The molecule has 0 unspecified atom stereocenters. The van der Waals surface area contributed by atoms with Crippen molar-refractivity contribution >= 4 is 5.91 Å². The number of rotatable bonds is 3. The van der Waals surface area contributed by atoms with Gasteiger partial charge in [0, 0.05) is 13.1 Å². The van der Waals surface area contributed by atoms with Crippen molar-refractivity contribution in [3.63, 3.8) is 0 Å². The molecular weight excluding hydrogens is 230 g/mol. The highest BCUT2D eigenvalue weighted by atomic mass is 19.4. The molecule has 0 aliphatic heterocycles. The summed E-state index contributed by atoms with van der Waals surface area (Å²) in [7, 11) is 0. The average Bonchev–Trinajstić information content (AvgIpc) is 1.98. The van der Waals surface area contributed by atoms with E-state index in [9.17, 15) is 31.1 Å². The number of hydrogen-bond donors (Lipinski definition) is 1. The molecule has 0 aromatic carbocycles. The van der Waals surface area contributed by atoms with E-state index >= 15 is 0 Å². The van der Waals surface area contributed by atoms with Gasteiger partial charge in [-0.25, -0.2) is 0 Å². The Morgan fingerprint density at radius 3 is 1.87 bits per heavy atom. The van der Waals surface area contributed by atoms with Crippen LogP contribution in [0.25, 0.3) is 0 Å². The summed E-state index contributed by atoms with van der Waals surface area (Å²) in [4.78, 5) is 10.1. The van der Waals surface area contributed by atoms with Gasteiger partial charge in [0.05, 0.1) is 0 Å². The fraction of sp³-hybridized carbons (Fsp3) is 0.833. The monoisotopic (exact) mass is 238 g/mol. The molecule has 0 saturated heterocycles. The van der Waals surface area contributed by atoms with E-state index in [1.807, 2.05) is 0 Å². The minimum Gasteiger partial charge on any atom is -0.329 e. The zero-order chi connectivity index (χ0) is 12.3. The molecule has 90 valence electrons. The van der Waals surface area contributed by atoms with E-state index in [0.717, 1.165) is 0 Å². The molecule has 2 N–H and O–H groups in total. The third-order valence-electron chi connectivity index (χ3n) is 1.30. The van der Waals surface area contributed by atoms with Crippen LogP contribution < -0.4 is 5.73 Å². The third-order valence-corrected chi connectivity index (χ3v) is 1.30. The van der Waals surface area contributed by atoms with Crippen molar-refractivity contribution in [2.75, 3.05) is 19.6 Å². The van der Waals surface area contributed by atoms with Crippen LogP contribution in [0.15, 0.2) is 0 Å². The van der Waals surface area contributed by atoms with Gasteiger partial charge in [-0.2, -0.15) is 26.3 Å². The first kappa shape index (κ1) is 14.0. The molecule has 0 aromatic heterocycles. The SMILES string of the molecule is NCCN(CC(F)(F)F)C(=O)C(F)(F)F. The van der Waals surface area contributed by atoms with Gasteiger partial charge < -0.3 is 10.6 Å². The molecular formula is C6H8F6N2O. The number of nitrogens with zero attached hydrogens (tertiary/aromatic N) is 1. The van der Waals surface area contributed by atoms with Crippen LogP contribution in [0.2, 0.25) is 0 Å². The molecule has 0 atom stereocenters. The summed E-state index contributed by atoms with van der Waals surface area (Å²) < 4.78 is 70.7. The third kappa shape index (κ3) is 5.45. The predicted octanol–water partition coefficient (Wildman–Crippen LogP) is 0.898. The summed E-state index contributed by atoms with van der Waals surface area (Å²) in [5, 5.41) is 0. The highest BCUT2D eigenvalue weighted by molar-refractivity contribution is 5.81. The molecule has 15 heavy (non-hydrogen) atoms. The zero-order valence-electron chi connectivity index (χ0n) is 7.32. The highest BCUT2D eigenvalue weighted by Crippen LogP contribution is 2.22. The number of carbonyl (C=O) groups is 1. The Morgan fingerprint density at radius 1 is 1.13 bits per heavy atom. The topological polar surface area (TPSA) is 46.3 Å². The number of halogens is 6. The van der Waals surface area contributed by atoms with Crippen molar-refractivity contribution < 1.29 is 31.1 Å². The Hall–Kier alpha value is -0.990. The molecule has 9 heteroatoms.